The van der Waals surface area contributed by atoms with Crippen molar-refractivity contribution in [1.29, 1.82) is 0 Å². The summed E-state index contributed by atoms with van der Waals surface area (Å²) < 4.78 is 64.8. The standard InChI is InChI=1S/C10H4F5N2/c11-6-5(3-4-1-2-16-17-4)7(12)9(14)10(15)8(6)13/h1-3H,(H,16,17). The first-order valence-electron chi connectivity index (χ1n) is 4.38. The number of nitrogens with one attached hydrogen (secondary N) is 1. The van der Waals surface area contributed by atoms with E-state index >= 15 is 0 Å². The van der Waals surface area contributed by atoms with Crippen LogP contribution in [0.5, 0.6) is 0 Å². The van der Waals surface area contributed by atoms with E-state index in [-0.39, 0.29) is 5.69 Å². The van der Waals surface area contributed by atoms with Gasteiger partial charge in [0.1, 0.15) is 0 Å². The predicted molar refractivity (Wildman–Crippen MR) is 47.3 cm³/mol. The molecule has 0 saturated heterocycles. The third kappa shape index (κ3) is 1.88. The minimum absolute atomic E-state index is 0.0493. The summed E-state index contributed by atoms with van der Waals surface area (Å²) in [7, 11) is 0. The van der Waals surface area contributed by atoms with Gasteiger partial charge in [-0.2, -0.15) is 5.10 Å². The lowest BCUT2D eigenvalue weighted by Crippen LogP contribution is -2.06. The zero-order valence-electron chi connectivity index (χ0n) is 8.07. The second kappa shape index (κ2) is 4.15. The van der Waals surface area contributed by atoms with E-state index in [1.807, 2.05) is 0 Å². The van der Waals surface area contributed by atoms with Crippen LogP contribution in [0.15, 0.2) is 12.3 Å². The average molecular weight is 247 g/mol. The van der Waals surface area contributed by atoms with Crippen LogP contribution in [0.2, 0.25) is 0 Å². The van der Waals surface area contributed by atoms with Crippen LogP contribution in [0.4, 0.5) is 22.0 Å². The molecule has 0 amide bonds. The molecule has 1 aromatic heterocycles. The molecule has 0 aliphatic carbocycles. The average Bonchev–Trinajstić information content (AvgIpc) is 2.82. The number of halogens is 5. The fraction of sp³-hybridized carbons (Fsp3) is 0. The molecule has 1 heterocycles. The molecular weight excluding hydrogens is 243 g/mol. The normalized spacial score (nSPS) is 10.9. The topological polar surface area (TPSA) is 28.7 Å². The summed E-state index contributed by atoms with van der Waals surface area (Å²) in [5, 5.41) is 5.86. The van der Waals surface area contributed by atoms with E-state index in [1.54, 1.807) is 0 Å². The first kappa shape index (κ1) is 11.6. The van der Waals surface area contributed by atoms with Crippen molar-refractivity contribution in [2.45, 2.75) is 0 Å². The van der Waals surface area contributed by atoms with Crippen LogP contribution in [0.1, 0.15) is 11.3 Å². The van der Waals surface area contributed by atoms with Crippen LogP contribution in [-0.2, 0) is 0 Å². The lowest BCUT2D eigenvalue weighted by atomic mass is 10.1. The number of hydrogen-bond donors (Lipinski definition) is 1. The molecule has 0 spiro atoms. The maximum atomic E-state index is 13.2. The Labute approximate surface area is 92.1 Å². The molecule has 17 heavy (non-hydrogen) atoms. The SMILES string of the molecule is Fc1c(F)c(F)c([CH]c2cc[nH]n2)c(F)c1F. The van der Waals surface area contributed by atoms with Gasteiger partial charge in [0, 0.05) is 18.2 Å². The number of H-pyrrole nitrogens is 1. The number of benzene rings is 1. The smallest absolute Gasteiger partial charge is 0.200 e. The summed E-state index contributed by atoms with van der Waals surface area (Å²) in [5.74, 6) is -9.91. The Kier molecular flexibility index (Phi) is 2.83. The maximum Gasteiger partial charge on any atom is 0.200 e. The lowest BCUT2D eigenvalue weighted by Gasteiger charge is -2.06. The van der Waals surface area contributed by atoms with E-state index in [2.05, 4.69) is 10.2 Å². The second-order valence-corrected chi connectivity index (χ2v) is 3.13. The Balaban J connectivity index is 2.54. The van der Waals surface area contributed by atoms with Crippen molar-refractivity contribution in [2.24, 2.45) is 0 Å². The van der Waals surface area contributed by atoms with Crippen molar-refractivity contribution >= 4 is 0 Å². The van der Waals surface area contributed by atoms with Gasteiger partial charge < -0.3 is 0 Å². The minimum Gasteiger partial charge on any atom is -0.285 e. The largest absolute Gasteiger partial charge is 0.285 e. The quantitative estimate of drug-likeness (QED) is 0.493. The summed E-state index contributed by atoms with van der Waals surface area (Å²) in [6.07, 6.45) is 2.10. The third-order valence-electron chi connectivity index (χ3n) is 2.06. The van der Waals surface area contributed by atoms with E-state index in [0.29, 0.717) is 0 Å². The zero-order chi connectivity index (χ0) is 12.6. The van der Waals surface area contributed by atoms with Gasteiger partial charge in [-0.15, -0.1) is 0 Å². The first-order chi connectivity index (χ1) is 8.02. The fourth-order valence-electron chi connectivity index (χ4n) is 1.25. The van der Waals surface area contributed by atoms with Gasteiger partial charge in [0.15, 0.2) is 23.3 Å². The molecule has 1 aromatic carbocycles. The molecule has 0 fully saturated rings. The minimum atomic E-state index is -2.18. The van der Waals surface area contributed by atoms with Crippen molar-refractivity contribution < 1.29 is 22.0 Å². The molecule has 1 radical (unpaired) electrons. The summed E-state index contributed by atoms with van der Waals surface area (Å²) in [5.41, 5.74) is -0.971. The predicted octanol–water partition coefficient (Wildman–Crippen LogP) is 2.71. The lowest BCUT2D eigenvalue weighted by molar-refractivity contribution is 0.374. The van der Waals surface area contributed by atoms with Crippen LogP contribution in [-0.4, -0.2) is 10.2 Å². The summed E-state index contributed by atoms with van der Waals surface area (Å²) in [4.78, 5) is 0. The molecular formula is C10H4F5N2. The van der Waals surface area contributed by atoms with Gasteiger partial charge in [-0.1, -0.05) is 0 Å². The highest BCUT2D eigenvalue weighted by molar-refractivity contribution is 5.36. The fourth-order valence-corrected chi connectivity index (χ4v) is 1.25. The first-order valence-corrected chi connectivity index (χ1v) is 4.38. The van der Waals surface area contributed by atoms with Gasteiger partial charge in [-0.3, -0.25) is 5.10 Å². The highest BCUT2D eigenvalue weighted by atomic mass is 19.2. The Morgan fingerprint density at radius 1 is 0.882 bits per heavy atom. The molecule has 0 aliphatic heterocycles. The Morgan fingerprint density at radius 3 is 1.88 bits per heavy atom. The monoisotopic (exact) mass is 247 g/mol. The van der Waals surface area contributed by atoms with Crippen LogP contribution in [0, 0.1) is 35.5 Å². The van der Waals surface area contributed by atoms with E-state index in [4.69, 9.17) is 0 Å². The Bertz CT molecular complexity index is 521. The van der Waals surface area contributed by atoms with Gasteiger partial charge in [-0.05, 0) is 6.07 Å². The zero-order valence-corrected chi connectivity index (χ0v) is 8.07. The van der Waals surface area contributed by atoms with Gasteiger partial charge in [0.2, 0.25) is 5.82 Å². The number of rotatable bonds is 2. The van der Waals surface area contributed by atoms with E-state index in [1.165, 1.54) is 12.3 Å². The van der Waals surface area contributed by atoms with Crippen molar-refractivity contribution in [3.8, 4) is 0 Å². The van der Waals surface area contributed by atoms with Crippen molar-refractivity contribution in [3.63, 3.8) is 0 Å². The van der Waals surface area contributed by atoms with Crippen LogP contribution < -0.4 is 0 Å². The molecule has 0 saturated carbocycles. The van der Waals surface area contributed by atoms with Gasteiger partial charge in [0.25, 0.3) is 0 Å². The number of nitrogens with zero attached hydrogens (tertiary/aromatic N) is 1. The van der Waals surface area contributed by atoms with E-state index in [9.17, 15) is 22.0 Å². The Hall–Kier alpha value is -1.92. The summed E-state index contributed by atoms with van der Waals surface area (Å²) in [6, 6.07) is 1.32. The highest BCUT2D eigenvalue weighted by Crippen LogP contribution is 2.25. The molecule has 2 nitrogen and oxygen atoms in total. The van der Waals surface area contributed by atoms with E-state index < -0.39 is 34.6 Å². The van der Waals surface area contributed by atoms with Crippen molar-refractivity contribution in [2.75, 3.05) is 0 Å². The van der Waals surface area contributed by atoms with Gasteiger partial charge in [0.05, 0.1) is 5.69 Å². The molecule has 0 bridgehead atoms. The Morgan fingerprint density at radius 2 is 1.41 bits per heavy atom. The number of aromatic amines is 1. The number of hydrogen-bond acceptors (Lipinski definition) is 1. The molecule has 0 aliphatic rings. The van der Waals surface area contributed by atoms with Crippen molar-refractivity contribution in [3.05, 3.63) is 59.0 Å². The second-order valence-electron chi connectivity index (χ2n) is 3.13. The van der Waals surface area contributed by atoms with Crippen molar-refractivity contribution in [1.82, 2.24) is 10.2 Å². The highest BCUT2D eigenvalue weighted by Gasteiger charge is 2.25. The maximum absolute atomic E-state index is 13.2. The third-order valence-corrected chi connectivity index (χ3v) is 2.06. The molecule has 1 N–H and O–H groups in total. The van der Waals surface area contributed by atoms with E-state index in [0.717, 1.165) is 6.42 Å². The van der Waals surface area contributed by atoms with Crippen LogP contribution in [0.25, 0.3) is 0 Å². The molecule has 89 valence electrons. The molecule has 0 unspecified atom stereocenters. The number of aromatic nitrogens is 2. The van der Waals surface area contributed by atoms with Gasteiger partial charge in [-0.25, -0.2) is 22.0 Å². The molecule has 2 rings (SSSR count). The molecule has 7 heteroatoms. The molecule has 0 atom stereocenters. The van der Waals surface area contributed by atoms with Crippen LogP contribution in [0.3, 0.4) is 0 Å². The molecule has 2 aromatic rings. The van der Waals surface area contributed by atoms with Crippen LogP contribution >= 0.6 is 0 Å². The summed E-state index contributed by atoms with van der Waals surface area (Å²) in [6.45, 7) is 0. The summed E-state index contributed by atoms with van der Waals surface area (Å²) >= 11 is 0. The van der Waals surface area contributed by atoms with Gasteiger partial charge >= 0.3 is 0 Å².